The molecule has 18 heavy (non-hydrogen) atoms. The molecule has 3 heteroatoms. The predicted octanol–water partition coefficient (Wildman–Crippen LogP) is 3.19. The summed E-state index contributed by atoms with van der Waals surface area (Å²) in [5.74, 6) is 1.21. The molecule has 1 aliphatic rings. The Morgan fingerprint density at radius 3 is 3.00 bits per heavy atom. The van der Waals surface area contributed by atoms with E-state index in [-0.39, 0.29) is 0 Å². The zero-order valence-corrected chi connectivity index (χ0v) is 11.4. The van der Waals surface area contributed by atoms with Gasteiger partial charge in [-0.3, -0.25) is 4.90 Å². The molecule has 3 nitrogen and oxygen atoms in total. The molecule has 3 rings (SSSR count). The maximum absolute atomic E-state index is 4.69. The van der Waals surface area contributed by atoms with Crippen LogP contribution in [0.5, 0.6) is 0 Å². The lowest BCUT2D eigenvalue weighted by Crippen LogP contribution is -2.31. The second-order valence-electron chi connectivity index (χ2n) is 5.55. The summed E-state index contributed by atoms with van der Waals surface area (Å²) in [5, 5.41) is 0. The van der Waals surface area contributed by atoms with Crippen LogP contribution < -0.4 is 0 Å². The first-order valence-corrected chi connectivity index (χ1v) is 6.87. The number of imidazole rings is 1. The molecule has 0 saturated carbocycles. The first kappa shape index (κ1) is 11.7. The lowest BCUT2D eigenvalue weighted by Gasteiger charge is -2.27. The third kappa shape index (κ3) is 1.74. The van der Waals surface area contributed by atoms with E-state index in [1.165, 1.54) is 36.3 Å². The van der Waals surface area contributed by atoms with Crippen molar-refractivity contribution in [1.29, 1.82) is 0 Å². The number of hydrogen-bond acceptors (Lipinski definition) is 2. The number of nitrogens with zero attached hydrogens (tertiary/aromatic N) is 3. The van der Waals surface area contributed by atoms with Gasteiger partial charge in [0, 0.05) is 12.2 Å². The third-order valence-corrected chi connectivity index (χ3v) is 4.07. The van der Waals surface area contributed by atoms with Crippen molar-refractivity contribution >= 4 is 5.52 Å². The van der Waals surface area contributed by atoms with Crippen molar-refractivity contribution in [3.05, 3.63) is 35.9 Å². The Balaban J connectivity index is 2.07. The smallest absolute Gasteiger partial charge is 0.130 e. The minimum Gasteiger partial charge on any atom is -0.302 e. The van der Waals surface area contributed by atoms with E-state index < -0.39 is 0 Å². The van der Waals surface area contributed by atoms with E-state index in [9.17, 15) is 0 Å². The second-order valence-corrected chi connectivity index (χ2v) is 5.55. The van der Waals surface area contributed by atoms with Crippen LogP contribution in [-0.4, -0.2) is 26.9 Å². The Hall–Kier alpha value is -1.35. The molecule has 0 N–H and O–H groups in total. The van der Waals surface area contributed by atoms with Crippen molar-refractivity contribution in [3.8, 4) is 0 Å². The van der Waals surface area contributed by atoms with Crippen molar-refractivity contribution < 1.29 is 0 Å². The highest BCUT2D eigenvalue weighted by atomic mass is 15.2. The summed E-state index contributed by atoms with van der Waals surface area (Å²) >= 11 is 0. The van der Waals surface area contributed by atoms with Crippen molar-refractivity contribution in [2.24, 2.45) is 0 Å². The van der Waals surface area contributed by atoms with Crippen molar-refractivity contribution in [2.45, 2.75) is 45.7 Å². The fraction of sp³-hybridized carbons (Fsp3) is 0.533. The van der Waals surface area contributed by atoms with Gasteiger partial charge in [-0.15, -0.1) is 0 Å². The quantitative estimate of drug-likeness (QED) is 0.807. The van der Waals surface area contributed by atoms with Gasteiger partial charge in [-0.25, -0.2) is 4.98 Å². The van der Waals surface area contributed by atoms with E-state index in [2.05, 4.69) is 48.4 Å². The van der Waals surface area contributed by atoms with Crippen LogP contribution in [0.1, 0.15) is 44.1 Å². The summed E-state index contributed by atoms with van der Waals surface area (Å²) in [4.78, 5) is 7.26. The standard InChI is InChI=1S/C15H21N3/c1-11(2)17-8-5-7-13(17)15-16-10-14-12(3)6-4-9-18(14)15/h4,6,9-11,13H,5,7-8H2,1-3H3. The van der Waals surface area contributed by atoms with Gasteiger partial charge in [-0.2, -0.15) is 0 Å². The van der Waals surface area contributed by atoms with Crippen LogP contribution >= 0.6 is 0 Å². The molecule has 0 aromatic carbocycles. The number of likely N-dealkylation sites (tertiary alicyclic amines) is 1. The fourth-order valence-electron chi connectivity index (χ4n) is 3.11. The highest BCUT2D eigenvalue weighted by Gasteiger charge is 2.30. The molecule has 1 atom stereocenters. The molecule has 1 aliphatic heterocycles. The summed E-state index contributed by atoms with van der Waals surface area (Å²) in [6, 6.07) is 5.33. The van der Waals surface area contributed by atoms with Gasteiger partial charge in [0.25, 0.3) is 0 Å². The number of fused-ring (bicyclic) bond motifs is 1. The second kappa shape index (κ2) is 4.39. The SMILES string of the molecule is Cc1cccn2c(C3CCCN3C(C)C)ncc12. The van der Waals surface area contributed by atoms with Crippen LogP contribution in [0.2, 0.25) is 0 Å². The van der Waals surface area contributed by atoms with Gasteiger partial charge in [0.15, 0.2) is 0 Å². The van der Waals surface area contributed by atoms with Crippen LogP contribution in [0.4, 0.5) is 0 Å². The zero-order valence-electron chi connectivity index (χ0n) is 11.4. The molecular formula is C15H21N3. The first-order valence-electron chi connectivity index (χ1n) is 6.87. The Labute approximate surface area is 108 Å². The van der Waals surface area contributed by atoms with E-state index in [1.54, 1.807) is 0 Å². The Bertz CT molecular complexity index is 556. The highest BCUT2D eigenvalue weighted by molar-refractivity contribution is 5.53. The average Bonchev–Trinajstić information content (AvgIpc) is 2.94. The molecular weight excluding hydrogens is 222 g/mol. The van der Waals surface area contributed by atoms with Gasteiger partial charge in [-0.05, 0) is 51.8 Å². The molecule has 1 saturated heterocycles. The maximum atomic E-state index is 4.69. The zero-order chi connectivity index (χ0) is 12.7. The number of pyridine rings is 1. The van der Waals surface area contributed by atoms with Gasteiger partial charge in [-0.1, -0.05) is 6.07 Å². The Morgan fingerprint density at radius 1 is 1.39 bits per heavy atom. The molecule has 0 aliphatic carbocycles. The molecule has 1 unspecified atom stereocenters. The lowest BCUT2D eigenvalue weighted by molar-refractivity contribution is 0.198. The largest absolute Gasteiger partial charge is 0.302 e. The Kier molecular flexibility index (Phi) is 2.86. The molecule has 1 fully saturated rings. The molecule has 0 amide bonds. The lowest BCUT2D eigenvalue weighted by atomic mass is 10.2. The van der Waals surface area contributed by atoms with Crippen LogP contribution in [0.3, 0.4) is 0 Å². The van der Waals surface area contributed by atoms with E-state index in [4.69, 9.17) is 4.98 Å². The number of aromatic nitrogens is 2. The van der Waals surface area contributed by atoms with Crippen LogP contribution in [0.25, 0.3) is 5.52 Å². The molecule has 2 aromatic heterocycles. The monoisotopic (exact) mass is 243 g/mol. The van der Waals surface area contributed by atoms with Crippen LogP contribution in [0.15, 0.2) is 24.5 Å². The van der Waals surface area contributed by atoms with Crippen molar-refractivity contribution in [1.82, 2.24) is 14.3 Å². The van der Waals surface area contributed by atoms with E-state index in [0.717, 1.165) is 0 Å². The normalized spacial score (nSPS) is 21.2. The summed E-state index contributed by atoms with van der Waals surface area (Å²) in [6.45, 7) is 7.90. The molecule has 2 aromatic rings. The van der Waals surface area contributed by atoms with E-state index in [0.29, 0.717) is 12.1 Å². The maximum Gasteiger partial charge on any atom is 0.130 e. The minimum absolute atomic E-state index is 0.481. The van der Waals surface area contributed by atoms with Gasteiger partial charge in [0.2, 0.25) is 0 Å². The summed E-state index contributed by atoms with van der Waals surface area (Å²) in [6.07, 6.45) is 6.66. The predicted molar refractivity (Wildman–Crippen MR) is 73.7 cm³/mol. The Morgan fingerprint density at radius 2 is 2.22 bits per heavy atom. The van der Waals surface area contributed by atoms with Crippen LogP contribution in [-0.2, 0) is 0 Å². The van der Waals surface area contributed by atoms with Crippen molar-refractivity contribution in [3.63, 3.8) is 0 Å². The molecule has 0 radical (unpaired) electrons. The summed E-state index contributed by atoms with van der Waals surface area (Å²) in [5.41, 5.74) is 2.54. The number of hydrogen-bond donors (Lipinski definition) is 0. The van der Waals surface area contributed by atoms with Gasteiger partial charge in [0.1, 0.15) is 5.82 Å². The van der Waals surface area contributed by atoms with Gasteiger partial charge >= 0.3 is 0 Å². The fourth-order valence-corrected chi connectivity index (χ4v) is 3.11. The first-order chi connectivity index (χ1) is 8.68. The molecule has 0 bridgehead atoms. The minimum atomic E-state index is 0.481. The van der Waals surface area contributed by atoms with E-state index >= 15 is 0 Å². The molecule has 3 heterocycles. The number of rotatable bonds is 2. The highest BCUT2D eigenvalue weighted by Crippen LogP contribution is 2.33. The summed E-state index contributed by atoms with van der Waals surface area (Å²) in [7, 11) is 0. The average molecular weight is 243 g/mol. The topological polar surface area (TPSA) is 20.5 Å². The van der Waals surface area contributed by atoms with Gasteiger partial charge < -0.3 is 4.40 Å². The summed E-state index contributed by atoms with van der Waals surface area (Å²) < 4.78 is 2.26. The third-order valence-electron chi connectivity index (χ3n) is 4.07. The van der Waals surface area contributed by atoms with E-state index in [1.807, 2.05) is 6.20 Å². The molecule has 96 valence electrons. The van der Waals surface area contributed by atoms with Crippen LogP contribution in [0, 0.1) is 6.92 Å². The molecule has 0 spiro atoms. The van der Waals surface area contributed by atoms with Crippen molar-refractivity contribution in [2.75, 3.05) is 6.54 Å². The number of aryl methyl sites for hydroxylation is 1. The van der Waals surface area contributed by atoms with Gasteiger partial charge in [0.05, 0.1) is 17.8 Å².